The number of aromatic hydroxyl groups is 2. The Hall–Kier alpha value is -3.22. The average Bonchev–Trinajstić information content (AvgIpc) is 2.70. The lowest BCUT2D eigenvalue weighted by Crippen LogP contribution is -2.13. The van der Waals surface area contributed by atoms with Crippen molar-refractivity contribution in [2.45, 2.75) is 40.0 Å². The van der Waals surface area contributed by atoms with Crippen molar-refractivity contribution in [3.05, 3.63) is 34.9 Å². The van der Waals surface area contributed by atoms with Crippen molar-refractivity contribution in [1.82, 2.24) is 0 Å². The van der Waals surface area contributed by atoms with Gasteiger partial charge >= 0.3 is 0 Å². The van der Waals surface area contributed by atoms with E-state index in [2.05, 4.69) is 0 Å². The molecule has 0 spiro atoms. The smallest absolute Gasteiger partial charge is 0.252 e. The van der Waals surface area contributed by atoms with Crippen molar-refractivity contribution in [2.75, 3.05) is 13.2 Å². The Morgan fingerprint density at radius 2 is 1.69 bits per heavy atom. The maximum absolute atomic E-state index is 11.9. The number of hydrogen-bond acceptors (Lipinski definition) is 6. The molecule has 2 aromatic carbocycles. The normalized spacial score (nSPS) is 10.6. The first-order chi connectivity index (χ1) is 13.9. The topological polar surface area (TPSA) is 119 Å². The Morgan fingerprint density at radius 1 is 1.03 bits per heavy atom. The van der Waals surface area contributed by atoms with E-state index in [9.17, 15) is 19.8 Å². The number of unbranched alkanes of at least 4 members (excludes halogenated alkanes) is 1. The van der Waals surface area contributed by atoms with E-state index in [4.69, 9.17) is 15.2 Å². The molecule has 2 rings (SSSR count). The van der Waals surface area contributed by atoms with Crippen molar-refractivity contribution in [3.8, 4) is 34.1 Å². The molecule has 0 aromatic heterocycles. The Labute approximate surface area is 170 Å². The third kappa shape index (κ3) is 4.45. The van der Waals surface area contributed by atoms with E-state index in [0.717, 1.165) is 12.8 Å². The molecule has 0 atom stereocenters. The number of hydrogen-bond donors (Lipinski definition) is 3. The molecule has 0 aliphatic rings. The van der Waals surface area contributed by atoms with Crippen LogP contribution in [0.25, 0.3) is 11.1 Å². The van der Waals surface area contributed by atoms with Gasteiger partial charge in [0.15, 0.2) is 29.3 Å². The summed E-state index contributed by atoms with van der Waals surface area (Å²) in [5.41, 5.74) is 7.16. The van der Waals surface area contributed by atoms with E-state index >= 15 is 0 Å². The molecular weight excluding hydrogens is 374 g/mol. The summed E-state index contributed by atoms with van der Waals surface area (Å²) >= 11 is 0. The zero-order chi connectivity index (χ0) is 21.6. The molecular formula is C22H27NO6. The fraction of sp³-hybridized carbons (Fsp3) is 0.364. The third-order valence-electron chi connectivity index (χ3n) is 4.56. The van der Waals surface area contributed by atoms with E-state index in [1.54, 1.807) is 19.9 Å². The SMILES string of the molecule is CCCCc1c(-c2ccc(C=O)c(O)c2OCC)cc(C(N)=O)c(O)c1OCC. The number of aldehydes is 1. The largest absolute Gasteiger partial charge is 0.504 e. The second-order valence-electron chi connectivity index (χ2n) is 6.46. The third-order valence-corrected chi connectivity index (χ3v) is 4.56. The lowest BCUT2D eigenvalue weighted by Gasteiger charge is -2.21. The van der Waals surface area contributed by atoms with Crippen LogP contribution in [0.4, 0.5) is 0 Å². The van der Waals surface area contributed by atoms with Crippen LogP contribution in [-0.4, -0.2) is 35.6 Å². The van der Waals surface area contributed by atoms with E-state index in [1.807, 2.05) is 6.92 Å². The van der Waals surface area contributed by atoms with Crippen LogP contribution in [0.3, 0.4) is 0 Å². The number of carbonyl (C=O) groups is 2. The standard InChI is InChI=1S/C22H27NO6/c1-4-7-8-14-16(11-17(22(23)27)19(26)21(14)29-6-3)15-10-9-13(12-24)18(25)20(15)28-5-2/h9-12,25-26H,4-8H2,1-3H3,(H2,23,27). The Balaban J connectivity index is 2.91. The number of ether oxygens (including phenoxy) is 2. The number of phenols is 2. The van der Waals surface area contributed by atoms with E-state index in [-0.39, 0.29) is 47.3 Å². The van der Waals surface area contributed by atoms with Gasteiger partial charge in [0, 0.05) is 11.1 Å². The zero-order valence-corrected chi connectivity index (χ0v) is 16.9. The van der Waals surface area contributed by atoms with Gasteiger partial charge in [-0.3, -0.25) is 9.59 Å². The molecule has 4 N–H and O–H groups in total. The van der Waals surface area contributed by atoms with Gasteiger partial charge in [-0.2, -0.15) is 0 Å². The van der Waals surface area contributed by atoms with Gasteiger partial charge in [-0.1, -0.05) is 13.3 Å². The van der Waals surface area contributed by atoms with Crippen LogP contribution < -0.4 is 15.2 Å². The molecule has 0 heterocycles. The van der Waals surface area contributed by atoms with Gasteiger partial charge in [-0.25, -0.2) is 0 Å². The number of carbonyl (C=O) groups excluding carboxylic acids is 2. The first-order valence-corrected chi connectivity index (χ1v) is 9.66. The van der Waals surface area contributed by atoms with Crippen LogP contribution in [0.5, 0.6) is 23.0 Å². The number of rotatable bonds is 10. The first-order valence-electron chi connectivity index (χ1n) is 9.66. The van der Waals surface area contributed by atoms with Crippen LogP contribution in [0.15, 0.2) is 18.2 Å². The Kier molecular flexibility index (Phi) is 7.47. The predicted molar refractivity (Wildman–Crippen MR) is 110 cm³/mol. The highest BCUT2D eigenvalue weighted by atomic mass is 16.5. The number of benzene rings is 2. The molecule has 0 bridgehead atoms. The molecule has 0 saturated heterocycles. The van der Waals surface area contributed by atoms with Crippen LogP contribution >= 0.6 is 0 Å². The van der Waals surface area contributed by atoms with Gasteiger partial charge in [0.2, 0.25) is 0 Å². The lowest BCUT2D eigenvalue weighted by molar-refractivity contribution is 0.0996. The number of amides is 1. The minimum Gasteiger partial charge on any atom is -0.504 e. The molecule has 2 aromatic rings. The molecule has 7 heteroatoms. The molecule has 156 valence electrons. The fourth-order valence-corrected chi connectivity index (χ4v) is 3.20. The molecule has 1 amide bonds. The number of phenolic OH excluding ortho intramolecular Hbond substituents is 1. The van der Waals surface area contributed by atoms with Crippen molar-refractivity contribution in [1.29, 1.82) is 0 Å². The minimum absolute atomic E-state index is 0.0891. The second kappa shape index (κ2) is 9.82. The van der Waals surface area contributed by atoms with Crippen molar-refractivity contribution < 1.29 is 29.3 Å². The van der Waals surface area contributed by atoms with Crippen LogP contribution in [-0.2, 0) is 6.42 Å². The maximum atomic E-state index is 11.9. The summed E-state index contributed by atoms with van der Waals surface area (Å²) in [6.45, 7) is 6.10. The summed E-state index contributed by atoms with van der Waals surface area (Å²) in [4.78, 5) is 23.2. The van der Waals surface area contributed by atoms with E-state index < -0.39 is 5.91 Å². The molecule has 0 fully saturated rings. The van der Waals surface area contributed by atoms with Gasteiger partial charge < -0.3 is 25.4 Å². The average molecular weight is 401 g/mol. The second-order valence-corrected chi connectivity index (χ2v) is 6.46. The van der Waals surface area contributed by atoms with Crippen molar-refractivity contribution >= 4 is 12.2 Å². The van der Waals surface area contributed by atoms with Gasteiger partial charge in [0.25, 0.3) is 5.91 Å². The van der Waals surface area contributed by atoms with Crippen LogP contribution in [0.1, 0.15) is 59.9 Å². The van der Waals surface area contributed by atoms with Crippen molar-refractivity contribution in [2.24, 2.45) is 5.73 Å². The molecule has 0 unspecified atom stereocenters. The molecule has 0 aliphatic carbocycles. The number of nitrogens with two attached hydrogens (primary N) is 1. The predicted octanol–water partition coefficient (Wildman–Crippen LogP) is 3.82. The van der Waals surface area contributed by atoms with E-state index in [1.165, 1.54) is 12.1 Å². The Morgan fingerprint density at radius 3 is 2.24 bits per heavy atom. The summed E-state index contributed by atoms with van der Waals surface area (Å²) in [5.74, 6) is -1.08. The zero-order valence-electron chi connectivity index (χ0n) is 16.9. The summed E-state index contributed by atoms with van der Waals surface area (Å²) < 4.78 is 11.3. The van der Waals surface area contributed by atoms with Crippen LogP contribution in [0.2, 0.25) is 0 Å². The maximum Gasteiger partial charge on any atom is 0.252 e. The van der Waals surface area contributed by atoms with Crippen LogP contribution in [0, 0.1) is 0 Å². The highest BCUT2D eigenvalue weighted by Crippen LogP contribution is 2.46. The molecule has 0 radical (unpaired) electrons. The van der Waals surface area contributed by atoms with Gasteiger partial charge in [-0.15, -0.1) is 0 Å². The van der Waals surface area contributed by atoms with Gasteiger partial charge in [0.05, 0.1) is 24.3 Å². The molecule has 7 nitrogen and oxygen atoms in total. The summed E-state index contributed by atoms with van der Waals surface area (Å²) in [6.07, 6.45) is 2.81. The van der Waals surface area contributed by atoms with Gasteiger partial charge in [0.1, 0.15) is 0 Å². The lowest BCUT2D eigenvalue weighted by atomic mass is 9.91. The highest BCUT2D eigenvalue weighted by Gasteiger charge is 2.25. The van der Waals surface area contributed by atoms with Crippen molar-refractivity contribution in [3.63, 3.8) is 0 Å². The fourth-order valence-electron chi connectivity index (χ4n) is 3.20. The molecule has 0 saturated carbocycles. The first kappa shape index (κ1) is 22.1. The quantitative estimate of drug-likeness (QED) is 0.521. The highest BCUT2D eigenvalue weighted by molar-refractivity contribution is 5.99. The number of primary amides is 1. The monoisotopic (exact) mass is 401 g/mol. The Bertz CT molecular complexity index is 907. The summed E-state index contributed by atoms with van der Waals surface area (Å²) in [6, 6.07) is 4.58. The van der Waals surface area contributed by atoms with E-state index in [0.29, 0.717) is 29.4 Å². The summed E-state index contributed by atoms with van der Waals surface area (Å²) in [5, 5.41) is 21.1. The molecule has 29 heavy (non-hydrogen) atoms. The summed E-state index contributed by atoms with van der Waals surface area (Å²) in [7, 11) is 0. The minimum atomic E-state index is -0.807. The molecule has 0 aliphatic heterocycles. The van der Waals surface area contributed by atoms with Gasteiger partial charge in [-0.05, 0) is 50.5 Å².